The Hall–Kier alpha value is -2.14. The van der Waals surface area contributed by atoms with Crippen LogP contribution in [0, 0.1) is 6.92 Å². The molecule has 0 aliphatic rings. The van der Waals surface area contributed by atoms with Crippen LogP contribution in [0.15, 0.2) is 28.8 Å². The first-order chi connectivity index (χ1) is 8.69. The van der Waals surface area contributed by atoms with Crippen molar-refractivity contribution in [1.82, 2.24) is 14.5 Å². The van der Waals surface area contributed by atoms with E-state index in [-0.39, 0.29) is 0 Å². The van der Waals surface area contributed by atoms with Crippen molar-refractivity contribution < 1.29 is 4.42 Å². The smallest absolute Gasteiger partial charge is 0.192 e. The van der Waals surface area contributed by atoms with Gasteiger partial charge in [0.1, 0.15) is 11.3 Å². The minimum Gasteiger partial charge on any atom is -0.441 e. The Balaban J connectivity index is 2.15. The zero-order chi connectivity index (χ0) is 12.7. The first kappa shape index (κ1) is 11.0. The van der Waals surface area contributed by atoms with E-state index in [4.69, 9.17) is 10.2 Å². The van der Waals surface area contributed by atoms with Crippen LogP contribution in [-0.2, 0) is 13.6 Å². The predicted octanol–water partition coefficient (Wildman–Crippen LogP) is 2.00. The molecule has 3 rings (SSSR count). The number of benzene rings is 1. The summed E-state index contributed by atoms with van der Waals surface area (Å²) in [4.78, 5) is 8.62. The lowest BCUT2D eigenvalue weighted by Crippen LogP contribution is -2.05. The average Bonchev–Trinajstić information content (AvgIpc) is 2.89. The number of aromatic nitrogens is 3. The van der Waals surface area contributed by atoms with Crippen molar-refractivity contribution in [3.63, 3.8) is 0 Å². The van der Waals surface area contributed by atoms with Crippen LogP contribution in [0.2, 0.25) is 0 Å². The van der Waals surface area contributed by atoms with Gasteiger partial charge in [-0.25, -0.2) is 9.97 Å². The van der Waals surface area contributed by atoms with Crippen LogP contribution >= 0.6 is 0 Å². The number of fused-ring (bicyclic) bond motifs is 1. The van der Waals surface area contributed by atoms with Gasteiger partial charge in [0.2, 0.25) is 0 Å². The SMILES string of the molecule is Cc1nc2cc(-c3cnc(CN)n3C)ccc2o1. The van der Waals surface area contributed by atoms with E-state index in [0.29, 0.717) is 12.4 Å². The second-order valence-electron chi connectivity index (χ2n) is 4.24. The van der Waals surface area contributed by atoms with Gasteiger partial charge in [-0.3, -0.25) is 0 Å². The Kier molecular flexibility index (Phi) is 2.41. The molecule has 2 aromatic heterocycles. The Bertz CT molecular complexity index is 711. The highest BCUT2D eigenvalue weighted by atomic mass is 16.3. The maximum absolute atomic E-state index is 5.63. The Morgan fingerprint density at radius 1 is 1.39 bits per heavy atom. The van der Waals surface area contributed by atoms with Crippen LogP contribution in [0.5, 0.6) is 0 Å². The molecule has 0 spiro atoms. The van der Waals surface area contributed by atoms with Crippen LogP contribution < -0.4 is 5.73 Å². The lowest BCUT2D eigenvalue weighted by atomic mass is 10.1. The molecule has 0 atom stereocenters. The topological polar surface area (TPSA) is 69.9 Å². The Morgan fingerprint density at radius 3 is 2.94 bits per heavy atom. The standard InChI is InChI=1S/C13H14N4O/c1-8-16-10-5-9(3-4-12(10)18-8)11-7-15-13(6-14)17(11)2/h3-5,7H,6,14H2,1-2H3. The van der Waals surface area contributed by atoms with E-state index in [0.717, 1.165) is 28.2 Å². The van der Waals surface area contributed by atoms with Gasteiger partial charge in [-0.05, 0) is 18.2 Å². The summed E-state index contributed by atoms with van der Waals surface area (Å²) in [6.07, 6.45) is 1.83. The summed E-state index contributed by atoms with van der Waals surface area (Å²) < 4.78 is 7.46. The molecule has 5 heteroatoms. The lowest BCUT2D eigenvalue weighted by molar-refractivity contribution is 0.561. The molecule has 0 bridgehead atoms. The number of imidazole rings is 1. The van der Waals surface area contributed by atoms with Crippen LogP contribution in [0.3, 0.4) is 0 Å². The van der Waals surface area contributed by atoms with Crippen LogP contribution in [0.4, 0.5) is 0 Å². The molecule has 5 nitrogen and oxygen atoms in total. The van der Waals surface area contributed by atoms with E-state index < -0.39 is 0 Å². The first-order valence-electron chi connectivity index (χ1n) is 5.77. The van der Waals surface area contributed by atoms with Crippen LogP contribution in [0.1, 0.15) is 11.7 Å². The summed E-state index contributed by atoms with van der Waals surface area (Å²) in [5.41, 5.74) is 9.38. The highest BCUT2D eigenvalue weighted by molar-refractivity contribution is 5.79. The number of hydrogen-bond donors (Lipinski definition) is 1. The van der Waals surface area contributed by atoms with E-state index in [1.165, 1.54) is 0 Å². The van der Waals surface area contributed by atoms with Gasteiger partial charge in [-0.2, -0.15) is 0 Å². The van der Waals surface area contributed by atoms with E-state index in [1.54, 1.807) is 0 Å². The predicted molar refractivity (Wildman–Crippen MR) is 68.8 cm³/mol. The van der Waals surface area contributed by atoms with Gasteiger partial charge >= 0.3 is 0 Å². The number of oxazole rings is 1. The van der Waals surface area contributed by atoms with Gasteiger partial charge in [-0.15, -0.1) is 0 Å². The van der Waals surface area contributed by atoms with Gasteiger partial charge in [-0.1, -0.05) is 0 Å². The number of nitrogens with zero attached hydrogens (tertiary/aromatic N) is 3. The number of hydrogen-bond acceptors (Lipinski definition) is 4. The molecular formula is C13H14N4O. The summed E-state index contributed by atoms with van der Waals surface area (Å²) in [5, 5.41) is 0. The number of aryl methyl sites for hydroxylation is 1. The third kappa shape index (κ3) is 1.60. The summed E-state index contributed by atoms with van der Waals surface area (Å²) in [5.74, 6) is 1.54. The second-order valence-corrected chi connectivity index (χ2v) is 4.24. The molecule has 92 valence electrons. The molecule has 3 aromatic rings. The third-order valence-electron chi connectivity index (χ3n) is 3.06. The van der Waals surface area contributed by atoms with Gasteiger partial charge in [0, 0.05) is 19.5 Å². The number of nitrogens with two attached hydrogens (primary N) is 1. The Morgan fingerprint density at radius 2 is 2.22 bits per heavy atom. The second kappa shape index (κ2) is 3.96. The monoisotopic (exact) mass is 242 g/mol. The molecule has 0 fully saturated rings. The third-order valence-corrected chi connectivity index (χ3v) is 3.06. The average molecular weight is 242 g/mol. The van der Waals surface area contributed by atoms with E-state index >= 15 is 0 Å². The van der Waals surface area contributed by atoms with Crippen molar-refractivity contribution in [1.29, 1.82) is 0 Å². The van der Waals surface area contributed by atoms with Crippen molar-refractivity contribution in [2.45, 2.75) is 13.5 Å². The number of rotatable bonds is 2. The van der Waals surface area contributed by atoms with Crippen molar-refractivity contribution in [3.8, 4) is 11.3 Å². The zero-order valence-corrected chi connectivity index (χ0v) is 10.3. The lowest BCUT2D eigenvalue weighted by Gasteiger charge is -2.04. The molecule has 0 saturated heterocycles. The first-order valence-corrected chi connectivity index (χ1v) is 5.77. The summed E-state index contributed by atoms with van der Waals surface area (Å²) >= 11 is 0. The summed E-state index contributed by atoms with van der Waals surface area (Å²) in [7, 11) is 1.96. The normalized spacial score (nSPS) is 11.3. The molecular weight excluding hydrogens is 228 g/mol. The quantitative estimate of drug-likeness (QED) is 0.746. The molecule has 18 heavy (non-hydrogen) atoms. The molecule has 0 radical (unpaired) electrons. The Labute approximate surface area is 104 Å². The molecule has 0 amide bonds. The molecule has 0 aliphatic carbocycles. The largest absolute Gasteiger partial charge is 0.441 e. The van der Waals surface area contributed by atoms with Gasteiger partial charge in [0.25, 0.3) is 0 Å². The molecule has 0 unspecified atom stereocenters. The van der Waals surface area contributed by atoms with Gasteiger partial charge < -0.3 is 14.7 Å². The van der Waals surface area contributed by atoms with E-state index in [2.05, 4.69) is 9.97 Å². The molecule has 2 N–H and O–H groups in total. The summed E-state index contributed by atoms with van der Waals surface area (Å²) in [6.45, 7) is 2.28. The minimum atomic E-state index is 0.432. The van der Waals surface area contributed by atoms with Crippen molar-refractivity contribution >= 4 is 11.1 Å². The fraction of sp³-hybridized carbons (Fsp3) is 0.231. The van der Waals surface area contributed by atoms with Gasteiger partial charge in [0.05, 0.1) is 18.4 Å². The van der Waals surface area contributed by atoms with Crippen molar-refractivity contribution in [2.75, 3.05) is 0 Å². The highest BCUT2D eigenvalue weighted by Gasteiger charge is 2.09. The van der Waals surface area contributed by atoms with Crippen LogP contribution in [-0.4, -0.2) is 14.5 Å². The fourth-order valence-electron chi connectivity index (χ4n) is 2.11. The maximum Gasteiger partial charge on any atom is 0.192 e. The molecule has 0 aliphatic heterocycles. The van der Waals surface area contributed by atoms with Gasteiger partial charge in [0.15, 0.2) is 11.5 Å². The highest BCUT2D eigenvalue weighted by Crippen LogP contribution is 2.24. The van der Waals surface area contributed by atoms with E-state index in [1.807, 2.05) is 42.9 Å². The van der Waals surface area contributed by atoms with E-state index in [9.17, 15) is 0 Å². The fourth-order valence-corrected chi connectivity index (χ4v) is 2.11. The van der Waals surface area contributed by atoms with Crippen molar-refractivity contribution in [3.05, 3.63) is 36.1 Å². The molecule has 0 saturated carbocycles. The van der Waals surface area contributed by atoms with Crippen molar-refractivity contribution in [2.24, 2.45) is 12.8 Å². The zero-order valence-electron chi connectivity index (χ0n) is 10.3. The summed E-state index contributed by atoms with van der Waals surface area (Å²) in [6, 6.07) is 5.94. The molecule has 2 heterocycles. The molecule has 1 aromatic carbocycles. The van der Waals surface area contributed by atoms with Crippen LogP contribution in [0.25, 0.3) is 22.4 Å². The maximum atomic E-state index is 5.63. The minimum absolute atomic E-state index is 0.432.